The number of likely N-dealkylation sites (N-methyl/N-ethyl adjacent to an activating group) is 1. The number of hydrogen-bond acceptors (Lipinski definition) is 5. The third-order valence-electron chi connectivity index (χ3n) is 2.16. The van der Waals surface area contributed by atoms with Crippen LogP contribution in [0.1, 0.15) is 26.7 Å². The summed E-state index contributed by atoms with van der Waals surface area (Å²) in [6.45, 7) is 4.90. The van der Waals surface area contributed by atoms with Crippen LogP contribution >= 0.6 is 0 Å². The van der Waals surface area contributed by atoms with Crippen LogP contribution in [-0.2, 0) is 9.53 Å². The largest absolute Gasteiger partial charge is 0.466 e. The van der Waals surface area contributed by atoms with E-state index in [4.69, 9.17) is 9.84 Å². The molecular weight excluding hydrogens is 210 g/mol. The maximum absolute atomic E-state index is 11.1. The average Bonchev–Trinajstić information content (AvgIpc) is 2.14. The zero-order valence-electron chi connectivity index (χ0n) is 10.3. The summed E-state index contributed by atoms with van der Waals surface area (Å²) in [5, 5.41) is 18.7. The molecule has 0 radical (unpaired) electrons. The normalized spacial score (nSPS) is 14.9. The minimum absolute atomic E-state index is 0.0207. The van der Waals surface area contributed by atoms with Crippen LogP contribution in [0.25, 0.3) is 0 Å². The van der Waals surface area contributed by atoms with Crippen molar-refractivity contribution in [1.29, 1.82) is 0 Å². The summed E-state index contributed by atoms with van der Waals surface area (Å²) >= 11 is 0. The van der Waals surface area contributed by atoms with Gasteiger partial charge >= 0.3 is 5.97 Å². The molecule has 0 fully saturated rings. The molecule has 2 atom stereocenters. The van der Waals surface area contributed by atoms with Crippen LogP contribution in [0.2, 0.25) is 0 Å². The fourth-order valence-corrected chi connectivity index (χ4v) is 1.34. The Hall–Kier alpha value is -0.650. The summed E-state index contributed by atoms with van der Waals surface area (Å²) in [6.07, 6.45) is -0.377. The topological polar surface area (TPSA) is 70.0 Å². The van der Waals surface area contributed by atoms with E-state index in [1.807, 2.05) is 11.9 Å². The van der Waals surface area contributed by atoms with Gasteiger partial charge in [-0.2, -0.15) is 0 Å². The molecule has 0 aromatic rings. The third kappa shape index (κ3) is 8.64. The Balaban J connectivity index is 3.68. The van der Waals surface area contributed by atoms with Gasteiger partial charge in [0.15, 0.2) is 0 Å². The number of carbonyl (C=O) groups is 1. The molecule has 96 valence electrons. The van der Waals surface area contributed by atoms with Crippen molar-refractivity contribution in [3.05, 3.63) is 0 Å². The van der Waals surface area contributed by atoms with E-state index in [1.54, 1.807) is 13.8 Å². The maximum atomic E-state index is 11.1. The van der Waals surface area contributed by atoms with Gasteiger partial charge in [-0.15, -0.1) is 0 Å². The van der Waals surface area contributed by atoms with Crippen LogP contribution in [0.15, 0.2) is 0 Å². The van der Waals surface area contributed by atoms with Crippen LogP contribution < -0.4 is 0 Å². The summed E-state index contributed by atoms with van der Waals surface area (Å²) in [7, 11) is 1.84. The molecule has 5 heteroatoms. The molecule has 0 aliphatic rings. The van der Waals surface area contributed by atoms with E-state index in [-0.39, 0.29) is 18.5 Å². The SMILES string of the molecule is CCOC(=O)CC(O)CN(C)CCC(C)O. The van der Waals surface area contributed by atoms with Crippen molar-refractivity contribution in [3.8, 4) is 0 Å². The standard InChI is InChI=1S/C11H23NO4/c1-4-16-11(15)7-10(14)8-12(3)6-5-9(2)13/h9-10,13-14H,4-8H2,1-3H3. The Morgan fingerprint density at radius 2 is 2.06 bits per heavy atom. The molecule has 2 N–H and O–H groups in total. The molecule has 0 saturated heterocycles. The molecule has 0 aromatic heterocycles. The predicted octanol–water partition coefficient (Wildman–Crippen LogP) is 0.00320. The second-order valence-electron chi connectivity index (χ2n) is 4.06. The molecule has 5 nitrogen and oxygen atoms in total. The fraction of sp³-hybridized carbons (Fsp3) is 0.909. The first-order valence-electron chi connectivity index (χ1n) is 5.66. The highest BCUT2D eigenvalue weighted by Crippen LogP contribution is 1.99. The van der Waals surface area contributed by atoms with Crippen molar-refractivity contribution in [1.82, 2.24) is 4.90 Å². The van der Waals surface area contributed by atoms with Crippen molar-refractivity contribution >= 4 is 5.97 Å². The Kier molecular flexibility index (Phi) is 8.15. The Labute approximate surface area is 97.0 Å². The first-order chi connectivity index (χ1) is 7.45. The van der Waals surface area contributed by atoms with Crippen molar-refractivity contribution in [3.63, 3.8) is 0 Å². The number of carbonyl (C=O) groups excluding carboxylic acids is 1. The highest BCUT2D eigenvalue weighted by molar-refractivity contribution is 5.69. The highest BCUT2D eigenvalue weighted by atomic mass is 16.5. The molecule has 0 spiro atoms. The van der Waals surface area contributed by atoms with Gasteiger partial charge in [0.25, 0.3) is 0 Å². The smallest absolute Gasteiger partial charge is 0.308 e. The van der Waals surface area contributed by atoms with E-state index in [0.29, 0.717) is 26.1 Å². The minimum Gasteiger partial charge on any atom is -0.466 e. The van der Waals surface area contributed by atoms with E-state index in [9.17, 15) is 9.90 Å². The summed E-state index contributed by atoms with van der Waals surface area (Å²) in [5.74, 6) is -0.376. The predicted molar refractivity (Wildman–Crippen MR) is 61.1 cm³/mol. The van der Waals surface area contributed by atoms with E-state index < -0.39 is 6.10 Å². The molecule has 0 aromatic carbocycles. The third-order valence-corrected chi connectivity index (χ3v) is 2.16. The van der Waals surface area contributed by atoms with Crippen molar-refractivity contribution in [2.45, 2.75) is 38.9 Å². The van der Waals surface area contributed by atoms with Gasteiger partial charge in [-0.3, -0.25) is 4.79 Å². The summed E-state index contributed by atoms with van der Waals surface area (Å²) in [6, 6.07) is 0. The lowest BCUT2D eigenvalue weighted by Gasteiger charge is -2.20. The molecule has 0 aliphatic carbocycles. The summed E-state index contributed by atoms with van der Waals surface area (Å²) in [5.41, 5.74) is 0. The lowest BCUT2D eigenvalue weighted by molar-refractivity contribution is -0.145. The molecule has 0 aliphatic heterocycles. The van der Waals surface area contributed by atoms with Crippen LogP contribution in [0.4, 0.5) is 0 Å². The zero-order valence-corrected chi connectivity index (χ0v) is 10.3. The number of rotatable bonds is 8. The number of hydrogen-bond donors (Lipinski definition) is 2. The van der Waals surface area contributed by atoms with E-state index >= 15 is 0 Å². The van der Waals surface area contributed by atoms with Crippen LogP contribution in [-0.4, -0.2) is 60.0 Å². The lowest BCUT2D eigenvalue weighted by Crippen LogP contribution is -2.32. The Morgan fingerprint density at radius 3 is 2.56 bits per heavy atom. The quantitative estimate of drug-likeness (QED) is 0.578. The van der Waals surface area contributed by atoms with E-state index in [2.05, 4.69) is 0 Å². The fourth-order valence-electron chi connectivity index (χ4n) is 1.34. The van der Waals surface area contributed by atoms with E-state index in [0.717, 1.165) is 0 Å². The average molecular weight is 233 g/mol. The molecule has 0 saturated carbocycles. The van der Waals surface area contributed by atoms with Gasteiger partial charge < -0.3 is 19.8 Å². The van der Waals surface area contributed by atoms with Crippen LogP contribution in [0.3, 0.4) is 0 Å². The van der Waals surface area contributed by atoms with Gasteiger partial charge in [0.05, 0.1) is 25.2 Å². The van der Waals surface area contributed by atoms with Gasteiger partial charge in [-0.25, -0.2) is 0 Å². The summed E-state index contributed by atoms with van der Waals surface area (Å²) in [4.78, 5) is 12.9. The highest BCUT2D eigenvalue weighted by Gasteiger charge is 2.13. The van der Waals surface area contributed by atoms with Gasteiger partial charge in [-0.05, 0) is 27.3 Å². The second kappa shape index (κ2) is 8.50. The van der Waals surface area contributed by atoms with Gasteiger partial charge in [0.2, 0.25) is 0 Å². The number of ether oxygens (including phenoxy) is 1. The Bertz CT molecular complexity index is 196. The van der Waals surface area contributed by atoms with Gasteiger partial charge in [-0.1, -0.05) is 0 Å². The van der Waals surface area contributed by atoms with Crippen molar-refractivity contribution in [2.24, 2.45) is 0 Å². The molecule has 16 heavy (non-hydrogen) atoms. The number of esters is 1. The zero-order chi connectivity index (χ0) is 12.6. The molecular formula is C11H23NO4. The van der Waals surface area contributed by atoms with Crippen molar-refractivity contribution < 1.29 is 19.7 Å². The maximum Gasteiger partial charge on any atom is 0.308 e. The monoisotopic (exact) mass is 233 g/mol. The minimum atomic E-state index is -0.710. The van der Waals surface area contributed by atoms with Gasteiger partial charge in [0.1, 0.15) is 0 Å². The Morgan fingerprint density at radius 1 is 1.44 bits per heavy atom. The molecule has 0 heterocycles. The first-order valence-corrected chi connectivity index (χ1v) is 5.66. The van der Waals surface area contributed by atoms with E-state index in [1.165, 1.54) is 0 Å². The van der Waals surface area contributed by atoms with Crippen LogP contribution in [0.5, 0.6) is 0 Å². The first kappa shape index (κ1) is 15.3. The number of aliphatic hydroxyl groups is 2. The van der Waals surface area contributed by atoms with Crippen molar-refractivity contribution in [2.75, 3.05) is 26.7 Å². The number of nitrogens with zero attached hydrogens (tertiary/aromatic N) is 1. The molecule has 0 rings (SSSR count). The molecule has 0 amide bonds. The molecule has 2 unspecified atom stereocenters. The number of aliphatic hydroxyl groups excluding tert-OH is 2. The van der Waals surface area contributed by atoms with Gasteiger partial charge in [0, 0.05) is 13.1 Å². The molecule has 0 bridgehead atoms. The lowest BCUT2D eigenvalue weighted by atomic mass is 10.2. The van der Waals surface area contributed by atoms with Crippen LogP contribution in [0, 0.1) is 0 Å². The second-order valence-corrected chi connectivity index (χ2v) is 4.06. The summed E-state index contributed by atoms with van der Waals surface area (Å²) < 4.78 is 4.73.